The Kier molecular flexibility index (Phi) is 7.06. The molecule has 1 atom stereocenters. The van der Waals surface area contributed by atoms with Crippen molar-refractivity contribution in [3.63, 3.8) is 0 Å². The van der Waals surface area contributed by atoms with E-state index in [1.54, 1.807) is 30.0 Å². The fourth-order valence-corrected chi connectivity index (χ4v) is 4.65. The van der Waals surface area contributed by atoms with Crippen LogP contribution in [0, 0.1) is 6.92 Å². The number of nitrogens with zero attached hydrogens (tertiary/aromatic N) is 3. The summed E-state index contributed by atoms with van der Waals surface area (Å²) in [5, 5.41) is 17.0. The third-order valence-corrected chi connectivity index (χ3v) is 6.33. The number of aromatic amines is 1. The number of halogens is 7. The van der Waals surface area contributed by atoms with Crippen LogP contribution in [0.4, 0.5) is 42.6 Å². The van der Waals surface area contributed by atoms with E-state index in [2.05, 4.69) is 10.2 Å². The Bertz CT molecular complexity index is 1270. The van der Waals surface area contributed by atoms with Gasteiger partial charge in [-0.2, -0.15) is 31.4 Å². The molecule has 13 heteroatoms. The molecular weight excluding hydrogens is 526 g/mol. The van der Waals surface area contributed by atoms with Gasteiger partial charge in [-0.05, 0) is 61.2 Å². The molecule has 1 unspecified atom stereocenters. The maximum atomic E-state index is 13.5. The van der Waals surface area contributed by atoms with Gasteiger partial charge in [0, 0.05) is 29.9 Å². The largest absolute Gasteiger partial charge is 0.465 e. The third-order valence-electron chi connectivity index (χ3n) is 6.10. The van der Waals surface area contributed by atoms with Crippen molar-refractivity contribution in [3.05, 3.63) is 75.4 Å². The summed E-state index contributed by atoms with van der Waals surface area (Å²) in [6.07, 6.45) is -10.5. The summed E-state index contributed by atoms with van der Waals surface area (Å²) in [7, 11) is 0. The van der Waals surface area contributed by atoms with Crippen molar-refractivity contribution in [2.75, 3.05) is 16.3 Å². The van der Waals surface area contributed by atoms with Crippen molar-refractivity contribution >= 4 is 29.2 Å². The number of rotatable bonds is 4. The molecule has 1 aliphatic heterocycles. The van der Waals surface area contributed by atoms with Crippen molar-refractivity contribution in [3.8, 4) is 0 Å². The summed E-state index contributed by atoms with van der Waals surface area (Å²) in [5.41, 5.74) is -1.64. The Morgan fingerprint density at radius 2 is 1.76 bits per heavy atom. The number of amides is 1. The fraction of sp³-hybridized carbons (Fsp3) is 0.333. The van der Waals surface area contributed by atoms with E-state index in [4.69, 9.17) is 11.6 Å². The van der Waals surface area contributed by atoms with Crippen molar-refractivity contribution in [1.82, 2.24) is 10.2 Å². The standard InChI is InChI=1S/C24H21ClF6N4O2/c1-13-7-21(33-32-13)35(12-14-8-15(23(26,27)28)10-16(9-14)24(29,30)31)19-3-2-6-34(22(36)37)20-11-17(25)4-5-18(19)20/h4-5,7-11,19H,2-3,6,12H2,1H3,(H,32,33)(H,36,37). The van der Waals surface area contributed by atoms with Gasteiger partial charge in [-0.25, -0.2) is 4.79 Å². The molecule has 4 rings (SSSR count). The van der Waals surface area contributed by atoms with Crippen molar-refractivity contribution in [2.45, 2.75) is 44.7 Å². The molecule has 0 saturated carbocycles. The second-order valence-corrected chi connectivity index (χ2v) is 9.18. The lowest BCUT2D eigenvalue weighted by Gasteiger charge is -2.33. The zero-order valence-electron chi connectivity index (χ0n) is 19.3. The van der Waals surface area contributed by atoms with E-state index in [9.17, 15) is 36.2 Å². The van der Waals surface area contributed by atoms with Crippen molar-refractivity contribution < 1.29 is 36.2 Å². The van der Waals surface area contributed by atoms with E-state index in [-0.39, 0.29) is 35.6 Å². The summed E-state index contributed by atoms with van der Waals surface area (Å²) in [6.45, 7) is 1.49. The molecule has 0 fully saturated rings. The van der Waals surface area contributed by atoms with E-state index in [0.717, 1.165) is 4.90 Å². The number of benzene rings is 2. The number of hydrogen-bond donors (Lipinski definition) is 2. The average Bonchev–Trinajstić information content (AvgIpc) is 3.13. The maximum absolute atomic E-state index is 13.5. The monoisotopic (exact) mass is 546 g/mol. The van der Waals surface area contributed by atoms with E-state index in [1.165, 1.54) is 6.07 Å². The van der Waals surface area contributed by atoms with E-state index >= 15 is 0 Å². The molecule has 0 aliphatic carbocycles. The highest BCUT2D eigenvalue weighted by atomic mass is 35.5. The number of nitrogens with one attached hydrogen (secondary N) is 1. The molecule has 0 spiro atoms. The number of aromatic nitrogens is 2. The highest BCUT2D eigenvalue weighted by molar-refractivity contribution is 6.31. The molecule has 6 nitrogen and oxygen atoms in total. The minimum absolute atomic E-state index is 0.0836. The molecule has 2 N–H and O–H groups in total. The number of hydrogen-bond acceptors (Lipinski definition) is 3. The van der Waals surface area contributed by atoms with E-state index in [0.29, 0.717) is 41.9 Å². The first-order chi connectivity index (χ1) is 17.2. The van der Waals surface area contributed by atoms with Gasteiger partial charge in [-0.1, -0.05) is 17.7 Å². The van der Waals surface area contributed by atoms with Crippen LogP contribution < -0.4 is 9.80 Å². The molecule has 198 valence electrons. The SMILES string of the molecule is Cc1cc(N(Cc2cc(C(F)(F)F)cc(C(F)(F)F)c2)C2CCCN(C(=O)O)c3cc(Cl)ccc32)n[nH]1. The molecule has 1 aliphatic rings. The van der Waals surface area contributed by atoms with Crippen LogP contribution in [0.1, 0.15) is 46.8 Å². The molecule has 2 heterocycles. The summed E-state index contributed by atoms with van der Waals surface area (Å²) in [4.78, 5) is 14.6. The molecule has 37 heavy (non-hydrogen) atoms. The van der Waals surface area contributed by atoms with Crippen LogP contribution in [0.25, 0.3) is 0 Å². The molecule has 0 radical (unpaired) electrons. The Labute approximate surface area is 212 Å². The lowest BCUT2D eigenvalue weighted by Crippen LogP contribution is -2.31. The van der Waals surface area contributed by atoms with Gasteiger partial charge in [0.2, 0.25) is 0 Å². The molecule has 1 amide bonds. The van der Waals surface area contributed by atoms with Gasteiger partial charge in [0.15, 0.2) is 5.82 Å². The van der Waals surface area contributed by atoms with Crippen molar-refractivity contribution in [2.24, 2.45) is 0 Å². The highest BCUT2D eigenvalue weighted by Crippen LogP contribution is 2.42. The summed E-state index contributed by atoms with van der Waals surface area (Å²) in [5.74, 6) is 0.290. The van der Waals surface area contributed by atoms with Crippen LogP contribution in [0.2, 0.25) is 5.02 Å². The molecule has 2 aromatic carbocycles. The normalized spacial score (nSPS) is 16.3. The quantitative estimate of drug-likeness (QED) is 0.334. The molecule has 0 bridgehead atoms. The zero-order chi connectivity index (χ0) is 27.1. The number of alkyl halides is 6. The smallest absolute Gasteiger partial charge is 0.416 e. The number of aryl methyl sites for hydroxylation is 1. The molecule has 3 aromatic rings. The molecule has 1 aromatic heterocycles. The van der Waals surface area contributed by atoms with Crippen LogP contribution in [0.15, 0.2) is 42.5 Å². The van der Waals surface area contributed by atoms with Gasteiger partial charge >= 0.3 is 18.4 Å². The predicted molar refractivity (Wildman–Crippen MR) is 125 cm³/mol. The number of H-pyrrole nitrogens is 1. The van der Waals surface area contributed by atoms with E-state index in [1.807, 2.05) is 0 Å². The molecular formula is C24H21ClF6N4O2. The first-order valence-corrected chi connectivity index (χ1v) is 11.5. The Balaban J connectivity index is 1.86. The second kappa shape index (κ2) is 9.81. The van der Waals surface area contributed by atoms with Gasteiger partial charge < -0.3 is 10.0 Å². The van der Waals surface area contributed by atoms with Gasteiger partial charge in [-0.3, -0.25) is 10.00 Å². The van der Waals surface area contributed by atoms with Gasteiger partial charge in [-0.15, -0.1) is 0 Å². The summed E-state index contributed by atoms with van der Waals surface area (Å²) < 4.78 is 80.9. The lowest BCUT2D eigenvalue weighted by atomic mass is 9.98. The minimum Gasteiger partial charge on any atom is -0.465 e. The summed E-state index contributed by atoms with van der Waals surface area (Å²) in [6, 6.07) is 7.10. The number of fused-ring (bicyclic) bond motifs is 1. The Morgan fingerprint density at radius 1 is 1.11 bits per heavy atom. The minimum atomic E-state index is -4.99. The average molecular weight is 547 g/mol. The highest BCUT2D eigenvalue weighted by Gasteiger charge is 2.38. The van der Waals surface area contributed by atoms with Gasteiger partial charge in [0.1, 0.15) is 0 Å². The second-order valence-electron chi connectivity index (χ2n) is 8.75. The number of carboxylic acid groups (broad SMARTS) is 1. The fourth-order valence-electron chi connectivity index (χ4n) is 4.48. The predicted octanol–water partition coefficient (Wildman–Crippen LogP) is 7.44. The number of carbonyl (C=O) groups is 1. The zero-order valence-corrected chi connectivity index (χ0v) is 20.0. The van der Waals surface area contributed by atoms with Gasteiger partial charge in [0.25, 0.3) is 0 Å². The van der Waals surface area contributed by atoms with Crippen LogP contribution >= 0.6 is 11.6 Å². The van der Waals surface area contributed by atoms with Crippen LogP contribution in [0.5, 0.6) is 0 Å². The third kappa shape index (κ3) is 5.79. The van der Waals surface area contributed by atoms with Crippen LogP contribution in [0.3, 0.4) is 0 Å². The lowest BCUT2D eigenvalue weighted by molar-refractivity contribution is -0.143. The van der Waals surface area contributed by atoms with Crippen molar-refractivity contribution in [1.29, 1.82) is 0 Å². The van der Waals surface area contributed by atoms with E-state index < -0.39 is 35.6 Å². The first-order valence-electron chi connectivity index (χ1n) is 11.1. The Morgan fingerprint density at radius 3 is 2.30 bits per heavy atom. The topological polar surface area (TPSA) is 72.5 Å². The van der Waals surface area contributed by atoms with Gasteiger partial charge in [0.05, 0.1) is 22.9 Å². The summed E-state index contributed by atoms with van der Waals surface area (Å²) >= 11 is 6.13. The number of anilines is 2. The first kappa shape index (κ1) is 26.6. The van der Waals surface area contributed by atoms with Crippen LogP contribution in [-0.4, -0.2) is 27.9 Å². The van der Waals surface area contributed by atoms with Crippen LogP contribution in [-0.2, 0) is 18.9 Å². The molecule has 0 saturated heterocycles. The Hall–Kier alpha value is -3.41. The maximum Gasteiger partial charge on any atom is 0.416 e.